The van der Waals surface area contributed by atoms with Crippen LogP contribution in [0.1, 0.15) is 42.1 Å². The summed E-state index contributed by atoms with van der Waals surface area (Å²) in [4.78, 5) is 20.0. The van der Waals surface area contributed by atoms with Gasteiger partial charge in [-0.3, -0.25) is 9.20 Å². The van der Waals surface area contributed by atoms with Crippen molar-refractivity contribution in [1.82, 2.24) is 9.38 Å². The lowest BCUT2D eigenvalue weighted by atomic mass is 9.88. The molecule has 0 unspecified atom stereocenters. The van der Waals surface area contributed by atoms with Crippen LogP contribution in [0.4, 0.5) is 14.5 Å². The summed E-state index contributed by atoms with van der Waals surface area (Å²) in [6.07, 6.45) is 4.02. The van der Waals surface area contributed by atoms with E-state index >= 15 is 0 Å². The Morgan fingerprint density at radius 1 is 0.914 bits per heavy atom. The van der Waals surface area contributed by atoms with Gasteiger partial charge in [-0.15, -0.1) is 0 Å². The van der Waals surface area contributed by atoms with Crippen LogP contribution in [0.3, 0.4) is 0 Å². The third-order valence-electron chi connectivity index (χ3n) is 6.81. The molecule has 1 saturated heterocycles. The molecule has 2 aromatic heterocycles. The maximum Gasteiger partial charge on any atom is 0.261 e. The van der Waals surface area contributed by atoms with E-state index in [9.17, 15) is 13.6 Å². The molecule has 0 amide bonds. The van der Waals surface area contributed by atoms with Gasteiger partial charge in [-0.1, -0.05) is 36.8 Å². The molecule has 0 atom stereocenters. The lowest BCUT2D eigenvalue weighted by Gasteiger charge is -2.32. The summed E-state index contributed by atoms with van der Waals surface area (Å²) in [7, 11) is 0. The number of rotatable bonds is 4. The minimum Gasteiger partial charge on any atom is -0.368 e. The third kappa shape index (κ3) is 4.36. The van der Waals surface area contributed by atoms with Gasteiger partial charge in [-0.25, -0.2) is 13.8 Å². The van der Waals surface area contributed by atoms with E-state index in [0.717, 1.165) is 59.6 Å². The Bertz CT molecular complexity index is 1410. The third-order valence-corrected chi connectivity index (χ3v) is 6.81. The molecule has 5 rings (SSSR count). The van der Waals surface area contributed by atoms with Crippen LogP contribution in [-0.2, 0) is 6.42 Å². The quantitative estimate of drug-likeness (QED) is 0.369. The molecule has 0 saturated carbocycles. The van der Waals surface area contributed by atoms with Gasteiger partial charge in [0.2, 0.25) is 0 Å². The number of benzene rings is 2. The van der Waals surface area contributed by atoms with Gasteiger partial charge in [-0.2, -0.15) is 0 Å². The number of anilines is 1. The average molecular weight is 472 g/mol. The smallest absolute Gasteiger partial charge is 0.261 e. The number of piperidine rings is 1. The highest BCUT2D eigenvalue weighted by Crippen LogP contribution is 2.34. The summed E-state index contributed by atoms with van der Waals surface area (Å²) < 4.78 is 28.9. The van der Waals surface area contributed by atoms with Crippen molar-refractivity contribution in [3.63, 3.8) is 0 Å². The number of pyridine rings is 1. The Morgan fingerprint density at radius 3 is 2.03 bits per heavy atom. The molecule has 3 heterocycles. The van der Waals surface area contributed by atoms with Gasteiger partial charge in [0, 0.05) is 30.5 Å². The molecule has 1 fully saturated rings. The minimum absolute atomic E-state index is 0.00986. The number of aryl methyl sites for hydroxylation is 1. The van der Waals surface area contributed by atoms with E-state index in [1.54, 1.807) is 34.9 Å². The second kappa shape index (κ2) is 9.45. The van der Waals surface area contributed by atoms with Crippen molar-refractivity contribution in [3.8, 4) is 0 Å². The van der Waals surface area contributed by atoms with Crippen LogP contribution < -0.4 is 10.5 Å². The highest BCUT2D eigenvalue weighted by molar-refractivity contribution is 5.82. The van der Waals surface area contributed by atoms with Crippen LogP contribution in [-0.4, -0.2) is 22.5 Å². The van der Waals surface area contributed by atoms with Gasteiger partial charge in [0.25, 0.3) is 5.56 Å². The molecule has 0 radical (unpaired) electrons. The largest absolute Gasteiger partial charge is 0.368 e. The molecule has 2 aromatic carbocycles. The minimum atomic E-state index is -0.285. The molecular formula is C29H27F2N3O. The number of halogens is 2. The van der Waals surface area contributed by atoms with Crippen molar-refractivity contribution in [2.24, 2.45) is 0 Å². The first-order chi connectivity index (χ1) is 17.0. The van der Waals surface area contributed by atoms with E-state index in [0.29, 0.717) is 12.1 Å². The van der Waals surface area contributed by atoms with Crippen molar-refractivity contribution in [3.05, 3.63) is 117 Å². The molecular weight excluding hydrogens is 444 g/mol. The van der Waals surface area contributed by atoms with Gasteiger partial charge < -0.3 is 4.90 Å². The molecule has 35 heavy (non-hydrogen) atoms. The highest BCUT2D eigenvalue weighted by Gasteiger charge is 2.22. The van der Waals surface area contributed by atoms with Crippen LogP contribution in [0.25, 0.3) is 11.2 Å². The first-order valence-electron chi connectivity index (χ1n) is 12.0. The van der Waals surface area contributed by atoms with Crippen molar-refractivity contribution in [1.29, 1.82) is 0 Å². The fourth-order valence-corrected chi connectivity index (χ4v) is 5.02. The van der Waals surface area contributed by atoms with Gasteiger partial charge >= 0.3 is 0 Å². The normalized spacial score (nSPS) is 13.9. The standard InChI is InChI=1S/C29H27F2N3O/c1-3-25-19(2)32-28-26(5-4-16-34(28)29(25)35)33-17-14-22(15-18-33)27(20-6-10-23(30)11-7-20)21-8-12-24(31)13-9-21/h4-13,16H,3,14-15,17-18H2,1-2H3. The fourth-order valence-electron chi connectivity index (χ4n) is 5.02. The molecule has 0 N–H and O–H groups in total. The van der Waals surface area contributed by atoms with E-state index in [2.05, 4.69) is 4.90 Å². The van der Waals surface area contributed by atoms with E-state index in [4.69, 9.17) is 4.98 Å². The predicted molar refractivity (Wildman–Crippen MR) is 136 cm³/mol. The molecule has 6 heteroatoms. The molecule has 0 spiro atoms. The first kappa shape index (κ1) is 23.0. The summed E-state index contributed by atoms with van der Waals surface area (Å²) in [6, 6.07) is 16.9. The molecule has 4 nitrogen and oxygen atoms in total. The molecule has 0 bridgehead atoms. The molecule has 4 aromatic rings. The lowest BCUT2D eigenvalue weighted by molar-refractivity contribution is 0.627. The second-order valence-corrected chi connectivity index (χ2v) is 8.90. The van der Waals surface area contributed by atoms with Crippen LogP contribution in [0.15, 0.2) is 77.2 Å². The van der Waals surface area contributed by atoms with Crippen molar-refractivity contribution in [2.45, 2.75) is 33.1 Å². The Balaban J connectivity index is 1.52. The lowest BCUT2D eigenvalue weighted by Crippen LogP contribution is -2.32. The molecule has 178 valence electrons. The zero-order valence-corrected chi connectivity index (χ0v) is 19.9. The zero-order chi connectivity index (χ0) is 24.5. The van der Waals surface area contributed by atoms with Gasteiger partial charge in [-0.05, 0) is 79.3 Å². The predicted octanol–water partition coefficient (Wildman–Crippen LogP) is 5.95. The Kier molecular flexibility index (Phi) is 6.20. The monoisotopic (exact) mass is 471 g/mol. The first-order valence-corrected chi connectivity index (χ1v) is 12.0. The summed E-state index contributed by atoms with van der Waals surface area (Å²) in [5.41, 5.74) is 7.24. The van der Waals surface area contributed by atoms with Crippen LogP contribution in [0.5, 0.6) is 0 Å². The van der Waals surface area contributed by atoms with Crippen molar-refractivity contribution >= 4 is 16.9 Å². The number of fused-ring (bicyclic) bond motifs is 1. The summed E-state index contributed by atoms with van der Waals surface area (Å²) in [5, 5.41) is 0. The van der Waals surface area contributed by atoms with E-state index in [-0.39, 0.29) is 17.2 Å². The Morgan fingerprint density at radius 2 is 1.49 bits per heavy atom. The summed E-state index contributed by atoms with van der Waals surface area (Å²) >= 11 is 0. The average Bonchev–Trinajstić information content (AvgIpc) is 2.87. The van der Waals surface area contributed by atoms with Crippen molar-refractivity contribution in [2.75, 3.05) is 18.0 Å². The molecule has 1 aliphatic rings. The summed E-state index contributed by atoms with van der Waals surface area (Å²) in [5.74, 6) is -0.570. The number of nitrogens with zero attached hydrogens (tertiary/aromatic N) is 3. The number of hydrogen-bond acceptors (Lipinski definition) is 3. The van der Waals surface area contributed by atoms with Gasteiger partial charge in [0.1, 0.15) is 11.6 Å². The topological polar surface area (TPSA) is 37.6 Å². The maximum absolute atomic E-state index is 13.6. The Hall–Kier alpha value is -3.80. The fraction of sp³-hybridized carbons (Fsp3) is 0.241. The number of hydrogen-bond donors (Lipinski definition) is 0. The molecule has 1 aliphatic heterocycles. The van der Waals surface area contributed by atoms with Crippen LogP contribution in [0, 0.1) is 18.6 Å². The van der Waals surface area contributed by atoms with Crippen LogP contribution in [0.2, 0.25) is 0 Å². The zero-order valence-electron chi connectivity index (χ0n) is 19.9. The molecule has 0 aliphatic carbocycles. The summed E-state index contributed by atoms with van der Waals surface area (Å²) in [6.45, 7) is 5.38. The van der Waals surface area contributed by atoms with E-state index in [1.165, 1.54) is 29.8 Å². The second-order valence-electron chi connectivity index (χ2n) is 8.90. The van der Waals surface area contributed by atoms with Crippen LogP contribution >= 0.6 is 0 Å². The maximum atomic E-state index is 13.6. The van der Waals surface area contributed by atoms with Crippen molar-refractivity contribution < 1.29 is 8.78 Å². The van der Waals surface area contributed by atoms with E-state index < -0.39 is 0 Å². The van der Waals surface area contributed by atoms with Gasteiger partial charge in [0.05, 0.1) is 5.69 Å². The Labute approximate surface area is 203 Å². The SMILES string of the molecule is CCc1c(C)nc2c(N3CCC(=C(c4ccc(F)cc4)c4ccc(F)cc4)CC3)cccn2c1=O. The number of aromatic nitrogens is 2. The van der Waals surface area contributed by atoms with Gasteiger partial charge in [0.15, 0.2) is 5.65 Å². The van der Waals surface area contributed by atoms with E-state index in [1.807, 2.05) is 26.0 Å². The highest BCUT2D eigenvalue weighted by atomic mass is 19.1.